The van der Waals surface area contributed by atoms with Gasteiger partial charge in [-0.15, -0.1) is 0 Å². The highest BCUT2D eigenvalue weighted by atomic mass is 15.4. The third-order valence-corrected chi connectivity index (χ3v) is 2.04. The van der Waals surface area contributed by atoms with E-state index in [1.807, 2.05) is 12.1 Å². The lowest BCUT2D eigenvalue weighted by Crippen LogP contribution is -2.15. The molecule has 0 bridgehead atoms. The van der Waals surface area contributed by atoms with Crippen LogP contribution >= 0.6 is 0 Å². The predicted octanol–water partition coefficient (Wildman–Crippen LogP) is 2.03. The molecule has 2 heterocycles. The Kier molecular flexibility index (Phi) is 1.62. The zero-order chi connectivity index (χ0) is 9.47. The molecule has 0 radical (unpaired) electrons. The number of fused-ring (bicyclic) bond motifs is 1. The molecule has 0 fully saturated rings. The van der Waals surface area contributed by atoms with E-state index in [0.29, 0.717) is 0 Å². The van der Waals surface area contributed by atoms with Gasteiger partial charge in [-0.1, -0.05) is 20.8 Å². The van der Waals surface area contributed by atoms with E-state index in [1.54, 1.807) is 10.8 Å². The van der Waals surface area contributed by atoms with Gasteiger partial charge < -0.3 is 0 Å². The average molecular weight is 175 g/mol. The molecule has 68 valence electrons. The summed E-state index contributed by atoms with van der Waals surface area (Å²) >= 11 is 0. The van der Waals surface area contributed by atoms with Gasteiger partial charge in [-0.05, 0) is 18.2 Å². The van der Waals surface area contributed by atoms with Gasteiger partial charge in [0.1, 0.15) is 0 Å². The molecule has 0 atom stereocenters. The standard InChI is InChI=1S/C10H13N3/c1-10(2,3)9-5-4-8-6-7-11-13(8)12-9/h4-7H,1-3H3. The van der Waals surface area contributed by atoms with E-state index in [4.69, 9.17) is 0 Å². The summed E-state index contributed by atoms with van der Waals surface area (Å²) in [7, 11) is 0. The van der Waals surface area contributed by atoms with E-state index in [9.17, 15) is 0 Å². The molecule has 3 heteroatoms. The van der Waals surface area contributed by atoms with Crippen molar-refractivity contribution in [1.82, 2.24) is 14.8 Å². The predicted molar refractivity (Wildman–Crippen MR) is 51.7 cm³/mol. The molecule has 0 aromatic carbocycles. The zero-order valence-electron chi connectivity index (χ0n) is 8.15. The van der Waals surface area contributed by atoms with Crippen LogP contribution in [0.15, 0.2) is 24.4 Å². The van der Waals surface area contributed by atoms with Crippen LogP contribution in [0.4, 0.5) is 0 Å². The maximum absolute atomic E-state index is 4.41. The summed E-state index contributed by atoms with van der Waals surface area (Å²) < 4.78 is 1.67. The average Bonchev–Trinajstić information content (AvgIpc) is 2.47. The second kappa shape index (κ2) is 2.55. The minimum Gasteiger partial charge on any atom is -0.158 e. The van der Waals surface area contributed by atoms with Crippen molar-refractivity contribution in [3.8, 4) is 0 Å². The van der Waals surface area contributed by atoms with E-state index in [1.165, 1.54) is 0 Å². The van der Waals surface area contributed by atoms with E-state index >= 15 is 0 Å². The van der Waals surface area contributed by atoms with Gasteiger partial charge in [-0.2, -0.15) is 14.8 Å². The van der Waals surface area contributed by atoms with Crippen LogP contribution in [0, 0.1) is 0 Å². The highest BCUT2D eigenvalue weighted by molar-refractivity contribution is 5.44. The number of hydrogen-bond donors (Lipinski definition) is 0. The summed E-state index contributed by atoms with van der Waals surface area (Å²) in [5.74, 6) is 0. The minimum absolute atomic E-state index is 0.0835. The molecule has 2 aromatic rings. The molecule has 0 saturated carbocycles. The third-order valence-electron chi connectivity index (χ3n) is 2.04. The molecule has 2 rings (SSSR count). The Labute approximate surface area is 77.4 Å². The van der Waals surface area contributed by atoms with Crippen LogP contribution in [0.5, 0.6) is 0 Å². The van der Waals surface area contributed by atoms with Crippen molar-refractivity contribution in [2.75, 3.05) is 0 Å². The minimum atomic E-state index is 0.0835. The first kappa shape index (κ1) is 8.23. The van der Waals surface area contributed by atoms with Gasteiger partial charge in [0.05, 0.1) is 17.4 Å². The molecule has 13 heavy (non-hydrogen) atoms. The van der Waals surface area contributed by atoms with Crippen molar-refractivity contribution in [3.63, 3.8) is 0 Å². The van der Waals surface area contributed by atoms with Crippen molar-refractivity contribution in [2.45, 2.75) is 26.2 Å². The lowest BCUT2D eigenvalue weighted by atomic mass is 9.92. The molecule has 2 aromatic heterocycles. The molecular formula is C10H13N3. The smallest absolute Gasteiger partial charge is 0.0873 e. The summed E-state index contributed by atoms with van der Waals surface area (Å²) in [6.07, 6.45) is 1.76. The van der Waals surface area contributed by atoms with Crippen LogP contribution in [0.25, 0.3) is 5.52 Å². The van der Waals surface area contributed by atoms with Gasteiger partial charge in [0.2, 0.25) is 0 Å². The highest BCUT2D eigenvalue weighted by Gasteiger charge is 2.15. The van der Waals surface area contributed by atoms with E-state index in [-0.39, 0.29) is 5.41 Å². The molecule has 0 amide bonds. The first-order valence-electron chi connectivity index (χ1n) is 4.39. The first-order valence-corrected chi connectivity index (χ1v) is 4.39. The number of hydrogen-bond acceptors (Lipinski definition) is 2. The highest BCUT2D eigenvalue weighted by Crippen LogP contribution is 2.19. The fourth-order valence-electron chi connectivity index (χ4n) is 1.21. The maximum atomic E-state index is 4.41. The molecule has 0 saturated heterocycles. The normalized spacial score (nSPS) is 12.2. The Hall–Kier alpha value is -1.38. The van der Waals surface area contributed by atoms with Crippen LogP contribution in [0.3, 0.4) is 0 Å². The molecule has 3 nitrogen and oxygen atoms in total. The fraction of sp³-hybridized carbons (Fsp3) is 0.400. The SMILES string of the molecule is CC(C)(C)c1ccc2ccnn2n1. The Balaban J connectivity index is 2.61. The Morgan fingerprint density at radius 3 is 2.62 bits per heavy atom. The maximum Gasteiger partial charge on any atom is 0.0873 e. The summed E-state index contributed by atoms with van der Waals surface area (Å²) in [6, 6.07) is 6.04. The summed E-state index contributed by atoms with van der Waals surface area (Å²) in [6.45, 7) is 6.43. The first-order chi connectivity index (χ1) is 6.07. The largest absolute Gasteiger partial charge is 0.158 e. The molecule has 0 N–H and O–H groups in total. The Morgan fingerprint density at radius 1 is 1.15 bits per heavy atom. The van der Waals surface area contributed by atoms with Crippen molar-refractivity contribution in [2.24, 2.45) is 0 Å². The van der Waals surface area contributed by atoms with E-state index in [2.05, 4.69) is 37.0 Å². The van der Waals surface area contributed by atoms with Crippen LogP contribution in [0.2, 0.25) is 0 Å². The van der Waals surface area contributed by atoms with E-state index in [0.717, 1.165) is 11.2 Å². The van der Waals surface area contributed by atoms with Gasteiger partial charge in [0.15, 0.2) is 0 Å². The summed E-state index contributed by atoms with van der Waals surface area (Å²) in [5, 5.41) is 8.51. The van der Waals surface area contributed by atoms with Crippen molar-refractivity contribution >= 4 is 5.52 Å². The molecule has 0 aliphatic rings. The van der Waals surface area contributed by atoms with Gasteiger partial charge in [-0.25, -0.2) is 0 Å². The van der Waals surface area contributed by atoms with Crippen molar-refractivity contribution in [1.29, 1.82) is 0 Å². The number of aromatic nitrogens is 3. The monoisotopic (exact) mass is 175 g/mol. The molecular weight excluding hydrogens is 162 g/mol. The lowest BCUT2D eigenvalue weighted by Gasteiger charge is -2.16. The van der Waals surface area contributed by atoms with E-state index < -0.39 is 0 Å². The molecule has 0 spiro atoms. The van der Waals surface area contributed by atoms with Crippen molar-refractivity contribution in [3.05, 3.63) is 30.1 Å². The van der Waals surface area contributed by atoms with Gasteiger partial charge in [-0.3, -0.25) is 0 Å². The van der Waals surface area contributed by atoms with Crippen LogP contribution < -0.4 is 0 Å². The molecule has 0 unspecified atom stereocenters. The topological polar surface area (TPSA) is 30.2 Å². The quantitative estimate of drug-likeness (QED) is 0.613. The summed E-state index contributed by atoms with van der Waals surface area (Å²) in [4.78, 5) is 0. The Morgan fingerprint density at radius 2 is 1.92 bits per heavy atom. The third kappa shape index (κ3) is 1.41. The van der Waals surface area contributed by atoms with Crippen LogP contribution in [-0.2, 0) is 5.41 Å². The van der Waals surface area contributed by atoms with Gasteiger partial charge >= 0.3 is 0 Å². The van der Waals surface area contributed by atoms with Crippen LogP contribution in [-0.4, -0.2) is 14.8 Å². The van der Waals surface area contributed by atoms with Crippen LogP contribution in [0.1, 0.15) is 26.5 Å². The van der Waals surface area contributed by atoms with Crippen molar-refractivity contribution < 1.29 is 0 Å². The zero-order valence-corrected chi connectivity index (χ0v) is 8.15. The Bertz CT molecular complexity index is 423. The second-order valence-corrected chi connectivity index (χ2v) is 4.21. The van der Waals surface area contributed by atoms with Gasteiger partial charge in [0, 0.05) is 5.41 Å². The van der Waals surface area contributed by atoms with Gasteiger partial charge in [0.25, 0.3) is 0 Å². The molecule has 0 aliphatic heterocycles. The number of rotatable bonds is 0. The molecule has 0 aliphatic carbocycles. The number of nitrogens with zero attached hydrogens (tertiary/aromatic N) is 3. The summed E-state index contributed by atoms with van der Waals surface area (Å²) in [5.41, 5.74) is 2.18. The second-order valence-electron chi connectivity index (χ2n) is 4.21. The lowest BCUT2D eigenvalue weighted by molar-refractivity contribution is 0.546. The fourth-order valence-corrected chi connectivity index (χ4v) is 1.21.